The molecular weight excluding hydrogens is 490 g/mol. The van der Waals surface area contributed by atoms with Crippen LogP contribution in [0.1, 0.15) is 11.1 Å². The Morgan fingerprint density at radius 2 is 1.03 bits per heavy atom. The molecule has 0 N–H and O–H groups in total. The van der Waals surface area contributed by atoms with Gasteiger partial charge in [-0.2, -0.15) is 0 Å². The van der Waals surface area contributed by atoms with Crippen LogP contribution >= 0.6 is 0 Å². The highest BCUT2D eigenvalue weighted by molar-refractivity contribution is 5.86. The van der Waals surface area contributed by atoms with E-state index in [9.17, 15) is 0 Å². The molecule has 1 aromatic heterocycles. The Morgan fingerprint density at radius 1 is 0.526 bits per heavy atom. The van der Waals surface area contributed by atoms with Gasteiger partial charge in [0.1, 0.15) is 24.7 Å². The first-order valence-electron chi connectivity index (χ1n) is 11.8. The molecule has 0 unspecified atom stereocenters. The largest absolute Gasteiger partial charge is 0.493 e. The van der Waals surface area contributed by atoms with E-state index < -0.39 is 0 Å². The van der Waals surface area contributed by atoms with Crippen molar-refractivity contribution in [2.24, 2.45) is 0 Å². The maximum absolute atomic E-state index is 6.15. The number of ether oxygens (including phenoxy) is 8. The van der Waals surface area contributed by atoms with Crippen molar-refractivity contribution in [2.45, 2.75) is 13.2 Å². The average Bonchev–Trinajstić information content (AvgIpc) is 2.97. The molecule has 0 radical (unpaired) electrons. The minimum atomic E-state index is 0.301. The lowest BCUT2D eigenvalue weighted by molar-refractivity contribution is 0.298. The summed E-state index contributed by atoms with van der Waals surface area (Å²) in [6.45, 7) is 0.606. The normalized spacial score (nSPS) is 10.6. The van der Waals surface area contributed by atoms with Crippen LogP contribution in [0.2, 0.25) is 0 Å². The van der Waals surface area contributed by atoms with Gasteiger partial charge in [0.25, 0.3) is 0 Å². The first kappa shape index (κ1) is 26.5. The van der Waals surface area contributed by atoms with Gasteiger partial charge >= 0.3 is 0 Å². The molecule has 4 aromatic rings. The molecule has 0 saturated carbocycles. The third-order valence-corrected chi connectivity index (χ3v) is 5.92. The predicted molar refractivity (Wildman–Crippen MR) is 143 cm³/mol. The molecule has 0 saturated heterocycles. The second-order valence-corrected chi connectivity index (χ2v) is 8.13. The SMILES string of the molecule is COc1cc(COc2ccc3c(OCc4cc(OC)c(OC)c(OC)c4)ccnc3c2)cc(OC)c1OC. The smallest absolute Gasteiger partial charge is 0.203 e. The second kappa shape index (κ2) is 12.1. The van der Waals surface area contributed by atoms with Crippen LogP contribution in [-0.2, 0) is 13.2 Å². The fourth-order valence-corrected chi connectivity index (χ4v) is 4.08. The Bertz CT molecular complexity index is 1350. The highest BCUT2D eigenvalue weighted by Gasteiger charge is 2.15. The number of fused-ring (bicyclic) bond motifs is 1. The Hall–Kier alpha value is -4.53. The Morgan fingerprint density at radius 3 is 1.50 bits per heavy atom. The van der Waals surface area contributed by atoms with E-state index in [0.717, 1.165) is 22.0 Å². The molecular formula is C29H31NO8. The quantitative estimate of drug-likeness (QED) is 0.242. The predicted octanol–water partition coefficient (Wildman–Crippen LogP) is 5.44. The number of rotatable bonds is 12. The minimum Gasteiger partial charge on any atom is -0.493 e. The van der Waals surface area contributed by atoms with Crippen LogP contribution in [0.3, 0.4) is 0 Å². The van der Waals surface area contributed by atoms with E-state index in [1.807, 2.05) is 48.5 Å². The van der Waals surface area contributed by atoms with Gasteiger partial charge in [-0.1, -0.05) is 0 Å². The van der Waals surface area contributed by atoms with Crippen molar-refractivity contribution in [1.82, 2.24) is 4.98 Å². The number of benzene rings is 3. The van der Waals surface area contributed by atoms with Gasteiger partial charge < -0.3 is 37.9 Å². The van der Waals surface area contributed by atoms with Crippen molar-refractivity contribution in [1.29, 1.82) is 0 Å². The maximum Gasteiger partial charge on any atom is 0.203 e. The van der Waals surface area contributed by atoms with E-state index >= 15 is 0 Å². The lowest BCUT2D eigenvalue weighted by Crippen LogP contribution is -2.01. The summed E-state index contributed by atoms with van der Waals surface area (Å²) in [5.41, 5.74) is 2.49. The molecule has 38 heavy (non-hydrogen) atoms. The van der Waals surface area contributed by atoms with Crippen LogP contribution in [0.25, 0.3) is 10.9 Å². The zero-order valence-corrected chi connectivity index (χ0v) is 22.3. The molecule has 0 fully saturated rings. The average molecular weight is 522 g/mol. The third kappa shape index (κ3) is 5.56. The van der Waals surface area contributed by atoms with Crippen molar-refractivity contribution in [3.8, 4) is 46.0 Å². The topological polar surface area (TPSA) is 86.7 Å². The lowest BCUT2D eigenvalue weighted by atomic mass is 10.1. The maximum atomic E-state index is 6.15. The number of nitrogens with zero attached hydrogens (tertiary/aromatic N) is 1. The van der Waals surface area contributed by atoms with Crippen molar-refractivity contribution in [3.05, 3.63) is 65.9 Å². The number of hydrogen-bond donors (Lipinski definition) is 0. The first-order chi connectivity index (χ1) is 18.5. The number of methoxy groups -OCH3 is 6. The molecule has 9 heteroatoms. The van der Waals surface area contributed by atoms with Gasteiger partial charge in [-0.15, -0.1) is 0 Å². The van der Waals surface area contributed by atoms with E-state index in [1.165, 1.54) is 0 Å². The fraction of sp³-hybridized carbons (Fsp3) is 0.276. The Balaban J connectivity index is 1.51. The molecule has 0 spiro atoms. The van der Waals surface area contributed by atoms with Crippen LogP contribution in [-0.4, -0.2) is 47.6 Å². The van der Waals surface area contributed by atoms with Gasteiger partial charge in [0.15, 0.2) is 23.0 Å². The molecule has 200 valence electrons. The monoisotopic (exact) mass is 521 g/mol. The van der Waals surface area contributed by atoms with Gasteiger partial charge in [-0.05, 0) is 53.6 Å². The highest BCUT2D eigenvalue weighted by Crippen LogP contribution is 2.40. The summed E-state index contributed by atoms with van der Waals surface area (Å²) in [5.74, 6) is 4.71. The summed E-state index contributed by atoms with van der Waals surface area (Å²) in [4.78, 5) is 4.49. The summed E-state index contributed by atoms with van der Waals surface area (Å²) in [6, 6.07) is 15.0. The van der Waals surface area contributed by atoms with Gasteiger partial charge in [0, 0.05) is 17.6 Å². The molecule has 0 atom stereocenters. The van der Waals surface area contributed by atoms with E-state index in [1.54, 1.807) is 48.9 Å². The molecule has 0 aliphatic heterocycles. The van der Waals surface area contributed by atoms with Crippen LogP contribution in [0.4, 0.5) is 0 Å². The minimum absolute atomic E-state index is 0.301. The Kier molecular flexibility index (Phi) is 8.47. The summed E-state index contributed by atoms with van der Waals surface area (Å²) < 4.78 is 44.7. The van der Waals surface area contributed by atoms with Crippen LogP contribution in [0.5, 0.6) is 46.0 Å². The summed E-state index contributed by atoms with van der Waals surface area (Å²) in [7, 11) is 9.47. The standard InChI is InChI=1S/C29H31NO8/c1-31-24-11-18(12-25(32-2)28(24)35-5)16-37-20-7-8-21-22(15-20)30-10-9-23(21)38-17-19-13-26(33-3)29(36-6)27(14-19)34-4/h7-15H,16-17H2,1-6H3. The first-order valence-corrected chi connectivity index (χ1v) is 11.8. The van der Waals surface area contributed by atoms with Gasteiger partial charge in [0.2, 0.25) is 11.5 Å². The molecule has 0 amide bonds. The molecule has 0 bridgehead atoms. The number of aromatic nitrogens is 1. The van der Waals surface area contributed by atoms with Crippen molar-refractivity contribution < 1.29 is 37.9 Å². The summed E-state index contributed by atoms with van der Waals surface area (Å²) in [5, 5.41) is 0.861. The molecule has 4 rings (SSSR count). The number of hydrogen-bond acceptors (Lipinski definition) is 9. The molecule has 3 aromatic carbocycles. The highest BCUT2D eigenvalue weighted by atomic mass is 16.5. The van der Waals surface area contributed by atoms with Gasteiger partial charge in [-0.3, -0.25) is 4.98 Å². The van der Waals surface area contributed by atoms with E-state index in [0.29, 0.717) is 59.2 Å². The van der Waals surface area contributed by atoms with Crippen LogP contribution in [0.15, 0.2) is 54.7 Å². The van der Waals surface area contributed by atoms with Gasteiger partial charge in [0.05, 0.1) is 48.2 Å². The Labute approximate surface area is 221 Å². The van der Waals surface area contributed by atoms with E-state index in [2.05, 4.69) is 4.98 Å². The molecule has 1 heterocycles. The van der Waals surface area contributed by atoms with Crippen LogP contribution in [0, 0.1) is 0 Å². The third-order valence-electron chi connectivity index (χ3n) is 5.92. The zero-order valence-electron chi connectivity index (χ0n) is 22.3. The van der Waals surface area contributed by atoms with Crippen molar-refractivity contribution in [2.75, 3.05) is 42.7 Å². The van der Waals surface area contributed by atoms with E-state index in [-0.39, 0.29) is 0 Å². The molecule has 9 nitrogen and oxygen atoms in total. The van der Waals surface area contributed by atoms with Gasteiger partial charge in [-0.25, -0.2) is 0 Å². The lowest BCUT2D eigenvalue weighted by Gasteiger charge is -2.15. The van der Waals surface area contributed by atoms with E-state index in [4.69, 9.17) is 37.9 Å². The number of pyridine rings is 1. The van der Waals surface area contributed by atoms with Crippen LogP contribution < -0.4 is 37.9 Å². The molecule has 0 aliphatic rings. The van der Waals surface area contributed by atoms with Crippen molar-refractivity contribution >= 4 is 10.9 Å². The fourth-order valence-electron chi connectivity index (χ4n) is 4.08. The molecule has 0 aliphatic carbocycles. The second-order valence-electron chi connectivity index (χ2n) is 8.13. The zero-order chi connectivity index (χ0) is 27.1. The summed E-state index contributed by atoms with van der Waals surface area (Å²) in [6.07, 6.45) is 1.70. The van der Waals surface area contributed by atoms with Crippen molar-refractivity contribution in [3.63, 3.8) is 0 Å². The summed E-state index contributed by atoms with van der Waals surface area (Å²) >= 11 is 0.